The highest BCUT2D eigenvalue weighted by atomic mass is 16.5. The minimum absolute atomic E-state index is 0.0175. The fourth-order valence-electron chi connectivity index (χ4n) is 3.95. The minimum atomic E-state index is -0.404. The van der Waals surface area contributed by atoms with Crippen molar-refractivity contribution in [2.75, 3.05) is 12.4 Å². The van der Waals surface area contributed by atoms with Gasteiger partial charge in [0.05, 0.1) is 18.4 Å². The van der Waals surface area contributed by atoms with Gasteiger partial charge in [-0.1, -0.05) is 25.0 Å². The van der Waals surface area contributed by atoms with Gasteiger partial charge in [0.2, 0.25) is 0 Å². The van der Waals surface area contributed by atoms with Crippen LogP contribution in [0.25, 0.3) is 11.3 Å². The molecule has 1 fully saturated rings. The van der Waals surface area contributed by atoms with Gasteiger partial charge in [-0.05, 0) is 49.2 Å². The Kier molecular flexibility index (Phi) is 6.95. The fraction of sp³-hybridized carbons (Fsp3) is 0.280. The van der Waals surface area contributed by atoms with E-state index in [1.807, 2.05) is 18.2 Å². The van der Waals surface area contributed by atoms with Crippen LogP contribution in [0.15, 0.2) is 60.9 Å². The molecular formula is C25H27N5O3. The third-order valence-electron chi connectivity index (χ3n) is 5.80. The molecule has 1 aliphatic rings. The number of amides is 1. The first-order chi connectivity index (χ1) is 16.0. The maximum Gasteiger partial charge on any atom is 0.337 e. The van der Waals surface area contributed by atoms with E-state index in [0.29, 0.717) is 22.6 Å². The molecule has 1 aromatic heterocycles. The summed E-state index contributed by atoms with van der Waals surface area (Å²) in [6, 6.07) is 16.1. The van der Waals surface area contributed by atoms with E-state index in [1.165, 1.54) is 13.4 Å². The number of hydrogen-bond donors (Lipinski definition) is 3. The fourth-order valence-corrected chi connectivity index (χ4v) is 3.95. The maximum atomic E-state index is 12.6. The predicted molar refractivity (Wildman–Crippen MR) is 126 cm³/mol. The molecule has 170 valence electrons. The number of nitrogens with two attached hydrogens (primary N) is 1. The Hall–Kier alpha value is -3.78. The van der Waals surface area contributed by atoms with Crippen molar-refractivity contribution >= 4 is 23.4 Å². The Labute approximate surface area is 192 Å². The zero-order valence-corrected chi connectivity index (χ0v) is 18.5. The van der Waals surface area contributed by atoms with Crippen LogP contribution in [0.5, 0.6) is 0 Å². The third kappa shape index (κ3) is 5.53. The van der Waals surface area contributed by atoms with Crippen molar-refractivity contribution in [2.45, 2.75) is 37.8 Å². The summed E-state index contributed by atoms with van der Waals surface area (Å²) >= 11 is 0. The highest BCUT2D eigenvalue weighted by Gasteiger charge is 2.23. The summed E-state index contributed by atoms with van der Waals surface area (Å²) in [5.41, 5.74) is 9.40. The second kappa shape index (κ2) is 10.2. The summed E-state index contributed by atoms with van der Waals surface area (Å²) in [5, 5.41) is 6.28. The summed E-state index contributed by atoms with van der Waals surface area (Å²) in [6.45, 7) is 0. The van der Waals surface area contributed by atoms with Crippen LogP contribution in [0.3, 0.4) is 0 Å². The van der Waals surface area contributed by atoms with Gasteiger partial charge < -0.3 is 21.1 Å². The first kappa shape index (κ1) is 22.4. The number of esters is 1. The molecule has 33 heavy (non-hydrogen) atoms. The molecule has 0 saturated heterocycles. The smallest absolute Gasteiger partial charge is 0.337 e. The van der Waals surface area contributed by atoms with Crippen molar-refractivity contribution in [3.63, 3.8) is 0 Å². The van der Waals surface area contributed by atoms with Crippen molar-refractivity contribution in [1.29, 1.82) is 0 Å². The lowest BCUT2D eigenvalue weighted by Crippen LogP contribution is -2.49. The number of nitrogens with zero attached hydrogens (tertiary/aromatic N) is 2. The van der Waals surface area contributed by atoms with Gasteiger partial charge in [0.1, 0.15) is 12.1 Å². The van der Waals surface area contributed by atoms with Gasteiger partial charge in [0.25, 0.3) is 5.91 Å². The van der Waals surface area contributed by atoms with Crippen molar-refractivity contribution < 1.29 is 14.3 Å². The molecule has 0 unspecified atom stereocenters. The largest absolute Gasteiger partial charge is 0.465 e. The predicted octanol–water partition coefficient (Wildman–Crippen LogP) is 3.67. The van der Waals surface area contributed by atoms with Crippen LogP contribution in [0.1, 0.15) is 46.4 Å². The SMILES string of the molecule is COC(=O)c1cccc(-c2cc(Nc3ccc(C(=O)N[C@H]4CCCC[C@@H]4N)cc3)ncn2)c1. The minimum Gasteiger partial charge on any atom is -0.465 e. The number of hydrogen-bond acceptors (Lipinski definition) is 7. The van der Waals surface area contributed by atoms with Crippen LogP contribution < -0.4 is 16.4 Å². The molecule has 0 radical (unpaired) electrons. The highest BCUT2D eigenvalue weighted by molar-refractivity contribution is 5.95. The number of carbonyl (C=O) groups is 2. The zero-order chi connectivity index (χ0) is 23.2. The van der Waals surface area contributed by atoms with Crippen molar-refractivity contribution in [3.8, 4) is 11.3 Å². The number of ether oxygens (including phenoxy) is 1. The molecule has 2 atom stereocenters. The average molecular weight is 446 g/mol. The number of nitrogens with one attached hydrogen (secondary N) is 2. The second-order valence-corrected chi connectivity index (χ2v) is 8.09. The molecule has 1 aliphatic carbocycles. The Balaban J connectivity index is 1.43. The van der Waals surface area contributed by atoms with E-state index in [-0.39, 0.29) is 18.0 Å². The van der Waals surface area contributed by atoms with Crippen LogP contribution >= 0.6 is 0 Å². The molecule has 8 nitrogen and oxygen atoms in total. The second-order valence-electron chi connectivity index (χ2n) is 8.09. The van der Waals surface area contributed by atoms with Crippen LogP contribution in [-0.4, -0.2) is 41.0 Å². The standard InChI is InChI=1S/C25H27N5O3/c1-33-25(32)18-6-4-5-17(13-18)22-14-23(28-15-27-22)29-19-11-9-16(10-12-19)24(31)30-21-8-3-2-7-20(21)26/h4-6,9-15,20-21H,2-3,7-8,26H2,1H3,(H,30,31)(H,27,28,29)/t20-,21-/m0/s1. The van der Waals surface area contributed by atoms with Gasteiger partial charge in [0.15, 0.2) is 0 Å². The van der Waals surface area contributed by atoms with E-state index in [1.54, 1.807) is 36.4 Å². The monoisotopic (exact) mass is 445 g/mol. The molecule has 4 N–H and O–H groups in total. The lowest BCUT2D eigenvalue weighted by molar-refractivity contribution is 0.0600. The van der Waals surface area contributed by atoms with Gasteiger partial charge in [-0.15, -0.1) is 0 Å². The normalized spacial score (nSPS) is 17.8. The van der Waals surface area contributed by atoms with Gasteiger partial charge in [-0.3, -0.25) is 4.79 Å². The van der Waals surface area contributed by atoms with Crippen molar-refractivity contribution in [2.24, 2.45) is 5.73 Å². The van der Waals surface area contributed by atoms with Gasteiger partial charge >= 0.3 is 5.97 Å². The number of anilines is 2. The Morgan fingerprint density at radius 3 is 2.55 bits per heavy atom. The van der Waals surface area contributed by atoms with E-state index in [4.69, 9.17) is 10.5 Å². The maximum absolute atomic E-state index is 12.6. The molecule has 2 aromatic carbocycles. The topological polar surface area (TPSA) is 119 Å². The first-order valence-electron chi connectivity index (χ1n) is 11.0. The van der Waals surface area contributed by atoms with Crippen LogP contribution in [-0.2, 0) is 4.74 Å². The van der Waals surface area contributed by atoms with Gasteiger partial charge in [-0.25, -0.2) is 14.8 Å². The van der Waals surface area contributed by atoms with Crippen molar-refractivity contribution in [3.05, 3.63) is 72.1 Å². The molecule has 0 bridgehead atoms. The summed E-state index contributed by atoms with van der Waals surface area (Å²) in [7, 11) is 1.35. The highest BCUT2D eigenvalue weighted by Crippen LogP contribution is 2.23. The summed E-state index contributed by atoms with van der Waals surface area (Å²) < 4.78 is 4.79. The molecule has 8 heteroatoms. The lowest BCUT2D eigenvalue weighted by atomic mass is 9.91. The van der Waals surface area contributed by atoms with E-state index in [9.17, 15) is 9.59 Å². The first-order valence-corrected chi connectivity index (χ1v) is 11.0. The Morgan fingerprint density at radius 2 is 1.79 bits per heavy atom. The van der Waals surface area contributed by atoms with Gasteiger partial charge in [-0.2, -0.15) is 0 Å². The summed E-state index contributed by atoms with van der Waals surface area (Å²) in [4.78, 5) is 33.0. The number of methoxy groups -OCH3 is 1. The van der Waals surface area contributed by atoms with Gasteiger partial charge in [0, 0.05) is 35.0 Å². The number of aromatic nitrogens is 2. The number of benzene rings is 2. The van der Waals surface area contributed by atoms with E-state index < -0.39 is 5.97 Å². The number of rotatable bonds is 6. The third-order valence-corrected chi connectivity index (χ3v) is 5.80. The number of carbonyl (C=O) groups excluding carboxylic acids is 2. The van der Waals surface area contributed by atoms with E-state index in [0.717, 1.165) is 36.9 Å². The molecule has 1 heterocycles. The van der Waals surface area contributed by atoms with Crippen LogP contribution in [0.2, 0.25) is 0 Å². The van der Waals surface area contributed by atoms with Crippen LogP contribution in [0, 0.1) is 0 Å². The van der Waals surface area contributed by atoms with E-state index >= 15 is 0 Å². The molecule has 0 spiro atoms. The summed E-state index contributed by atoms with van der Waals surface area (Å²) in [6.07, 6.45) is 5.54. The quantitative estimate of drug-likeness (QED) is 0.495. The van der Waals surface area contributed by atoms with E-state index in [2.05, 4.69) is 20.6 Å². The Morgan fingerprint density at radius 1 is 1.00 bits per heavy atom. The Bertz CT molecular complexity index is 1130. The zero-order valence-electron chi connectivity index (χ0n) is 18.5. The molecule has 4 rings (SSSR count). The molecule has 0 aliphatic heterocycles. The van der Waals surface area contributed by atoms with Crippen LogP contribution in [0.4, 0.5) is 11.5 Å². The molecule has 1 saturated carbocycles. The molecule has 3 aromatic rings. The lowest BCUT2D eigenvalue weighted by Gasteiger charge is -2.29. The molecular weight excluding hydrogens is 418 g/mol. The summed E-state index contributed by atoms with van der Waals surface area (Å²) in [5.74, 6) is 0.0754. The molecule has 1 amide bonds. The van der Waals surface area contributed by atoms with Crippen molar-refractivity contribution in [1.82, 2.24) is 15.3 Å². The average Bonchev–Trinajstić information content (AvgIpc) is 2.85.